The van der Waals surface area contributed by atoms with Crippen LogP contribution in [0.1, 0.15) is 15.9 Å². The molecule has 0 unspecified atom stereocenters. The molecule has 0 radical (unpaired) electrons. The van der Waals surface area contributed by atoms with E-state index in [0.29, 0.717) is 22.6 Å². The van der Waals surface area contributed by atoms with E-state index in [1.165, 1.54) is 17.0 Å². The van der Waals surface area contributed by atoms with Gasteiger partial charge in [-0.25, -0.2) is 4.39 Å². The summed E-state index contributed by atoms with van der Waals surface area (Å²) in [6.07, 6.45) is 0. The quantitative estimate of drug-likeness (QED) is 0.525. The van der Waals surface area contributed by atoms with Crippen LogP contribution in [0.5, 0.6) is 5.75 Å². The Kier molecular flexibility index (Phi) is 8.13. The van der Waals surface area contributed by atoms with E-state index in [9.17, 15) is 18.8 Å². The summed E-state index contributed by atoms with van der Waals surface area (Å²) in [7, 11) is 1.55. The van der Waals surface area contributed by atoms with Crippen LogP contribution in [0.25, 0.3) is 0 Å². The zero-order chi connectivity index (χ0) is 23.6. The first-order valence-electron chi connectivity index (χ1n) is 10.2. The first-order chi connectivity index (χ1) is 15.9. The molecule has 2 N–H and O–H groups in total. The Balaban J connectivity index is 1.60. The third-order valence-electron chi connectivity index (χ3n) is 4.75. The van der Waals surface area contributed by atoms with Gasteiger partial charge in [0, 0.05) is 17.8 Å². The van der Waals surface area contributed by atoms with Gasteiger partial charge in [-0.15, -0.1) is 0 Å². The Morgan fingerprint density at radius 2 is 1.55 bits per heavy atom. The van der Waals surface area contributed by atoms with Crippen LogP contribution < -0.4 is 15.4 Å². The monoisotopic (exact) mass is 449 g/mol. The molecular weight excluding hydrogens is 425 g/mol. The molecule has 33 heavy (non-hydrogen) atoms. The summed E-state index contributed by atoms with van der Waals surface area (Å²) in [5.41, 5.74) is 1.66. The van der Waals surface area contributed by atoms with Gasteiger partial charge in [0.2, 0.25) is 11.8 Å². The van der Waals surface area contributed by atoms with Crippen molar-refractivity contribution in [1.82, 2.24) is 10.2 Å². The predicted molar refractivity (Wildman–Crippen MR) is 122 cm³/mol. The standard InChI is InChI=1S/C25H24FN3O4/c1-33-22-13-11-21(12-14-22)28-23(30)15-27-24(31)17-29(16-18-7-9-20(26)10-8-18)25(32)19-5-3-2-4-6-19/h2-14H,15-17H2,1H3,(H,27,31)(H,28,30). The Morgan fingerprint density at radius 3 is 2.18 bits per heavy atom. The van der Waals surface area contributed by atoms with Gasteiger partial charge in [0.05, 0.1) is 13.7 Å². The van der Waals surface area contributed by atoms with Crippen LogP contribution in [-0.4, -0.2) is 42.8 Å². The molecule has 3 amide bonds. The molecule has 3 rings (SSSR count). The Hall–Kier alpha value is -4.20. The molecule has 0 aromatic heterocycles. The van der Waals surface area contributed by atoms with Crippen molar-refractivity contribution < 1.29 is 23.5 Å². The highest BCUT2D eigenvalue weighted by Gasteiger charge is 2.19. The highest BCUT2D eigenvalue weighted by Crippen LogP contribution is 2.15. The lowest BCUT2D eigenvalue weighted by molar-refractivity contribution is -0.124. The third-order valence-corrected chi connectivity index (χ3v) is 4.75. The predicted octanol–water partition coefficient (Wildman–Crippen LogP) is 3.23. The number of methoxy groups -OCH3 is 1. The summed E-state index contributed by atoms with van der Waals surface area (Å²) in [4.78, 5) is 39.0. The van der Waals surface area contributed by atoms with Crippen molar-refractivity contribution in [3.05, 3.63) is 95.8 Å². The van der Waals surface area contributed by atoms with E-state index in [0.717, 1.165) is 0 Å². The Bertz CT molecular complexity index is 1090. The minimum Gasteiger partial charge on any atom is -0.497 e. The molecule has 0 aliphatic rings. The maximum Gasteiger partial charge on any atom is 0.254 e. The average Bonchev–Trinajstić information content (AvgIpc) is 2.84. The van der Waals surface area contributed by atoms with Gasteiger partial charge in [0.25, 0.3) is 5.91 Å². The molecule has 0 saturated carbocycles. The summed E-state index contributed by atoms with van der Waals surface area (Å²) in [5.74, 6) is -0.983. The van der Waals surface area contributed by atoms with Gasteiger partial charge in [0.1, 0.15) is 18.1 Å². The van der Waals surface area contributed by atoms with E-state index in [2.05, 4.69) is 10.6 Å². The summed E-state index contributed by atoms with van der Waals surface area (Å²) in [6, 6.07) is 21.0. The van der Waals surface area contributed by atoms with Crippen LogP contribution in [0.4, 0.5) is 10.1 Å². The fraction of sp³-hybridized carbons (Fsp3) is 0.160. The molecule has 0 heterocycles. The summed E-state index contributed by atoms with van der Waals surface area (Å²) < 4.78 is 18.3. The first-order valence-corrected chi connectivity index (χ1v) is 10.2. The number of hydrogen-bond acceptors (Lipinski definition) is 4. The van der Waals surface area contributed by atoms with Crippen molar-refractivity contribution in [3.8, 4) is 5.75 Å². The van der Waals surface area contributed by atoms with Crippen LogP contribution in [0.3, 0.4) is 0 Å². The zero-order valence-electron chi connectivity index (χ0n) is 18.1. The zero-order valence-corrected chi connectivity index (χ0v) is 18.1. The minimum atomic E-state index is -0.494. The number of anilines is 1. The van der Waals surface area contributed by atoms with E-state index < -0.39 is 11.8 Å². The third kappa shape index (κ3) is 7.17. The number of amides is 3. The fourth-order valence-corrected chi connectivity index (χ4v) is 3.06. The maximum atomic E-state index is 13.2. The van der Waals surface area contributed by atoms with Gasteiger partial charge in [-0.2, -0.15) is 0 Å². The summed E-state index contributed by atoms with van der Waals surface area (Å²) in [6.45, 7) is -0.408. The molecular formula is C25H24FN3O4. The molecule has 0 spiro atoms. The molecule has 8 heteroatoms. The minimum absolute atomic E-state index is 0.111. The lowest BCUT2D eigenvalue weighted by atomic mass is 10.1. The van der Waals surface area contributed by atoms with Crippen LogP contribution in [-0.2, 0) is 16.1 Å². The van der Waals surface area contributed by atoms with Gasteiger partial charge >= 0.3 is 0 Å². The lowest BCUT2D eigenvalue weighted by Crippen LogP contribution is -2.42. The van der Waals surface area contributed by atoms with Crippen LogP contribution in [0.2, 0.25) is 0 Å². The van der Waals surface area contributed by atoms with Crippen LogP contribution in [0, 0.1) is 5.82 Å². The molecule has 0 saturated heterocycles. The topological polar surface area (TPSA) is 87.7 Å². The van der Waals surface area contributed by atoms with Crippen molar-refractivity contribution in [2.24, 2.45) is 0 Å². The van der Waals surface area contributed by atoms with E-state index in [1.807, 2.05) is 0 Å². The van der Waals surface area contributed by atoms with Crippen molar-refractivity contribution in [3.63, 3.8) is 0 Å². The molecule has 0 aliphatic heterocycles. The molecule has 3 aromatic carbocycles. The highest BCUT2D eigenvalue weighted by molar-refractivity contribution is 5.98. The summed E-state index contributed by atoms with van der Waals surface area (Å²) >= 11 is 0. The van der Waals surface area contributed by atoms with E-state index in [1.54, 1.807) is 73.8 Å². The van der Waals surface area contributed by atoms with Gasteiger partial charge in [-0.05, 0) is 54.1 Å². The fourth-order valence-electron chi connectivity index (χ4n) is 3.06. The second kappa shape index (κ2) is 11.4. The second-order valence-corrected chi connectivity index (χ2v) is 7.21. The SMILES string of the molecule is COc1ccc(NC(=O)CNC(=O)CN(Cc2ccc(F)cc2)C(=O)c2ccccc2)cc1. The molecule has 170 valence electrons. The molecule has 0 fully saturated rings. The molecule has 0 aliphatic carbocycles. The van der Waals surface area contributed by atoms with Crippen LogP contribution >= 0.6 is 0 Å². The second-order valence-electron chi connectivity index (χ2n) is 7.21. The van der Waals surface area contributed by atoms with Crippen LogP contribution in [0.15, 0.2) is 78.9 Å². The molecule has 0 atom stereocenters. The average molecular weight is 449 g/mol. The van der Waals surface area contributed by atoms with Crippen molar-refractivity contribution >= 4 is 23.4 Å². The number of hydrogen-bond donors (Lipinski definition) is 2. The summed E-state index contributed by atoms with van der Waals surface area (Å²) in [5, 5.41) is 5.20. The first kappa shape index (κ1) is 23.5. The maximum absolute atomic E-state index is 13.2. The number of carbonyl (C=O) groups is 3. The Morgan fingerprint density at radius 1 is 0.879 bits per heavy atom. The van der Waals surface area contributed by atoms with Gasteiger partial charge < -0.3 is 20.3 Å². The highest BCUT2D eigenvalue weighted by atomic mass is 19.1. The number of carbonyl (C=O) groups excluding carboxylic acids is 3. The van der Waals surface area contributed by atoms with Crippen molar-refractivity contribution in [2.45, 2.75) is 6.54 Å². The van der Waals surface area contributed by atoms with Gasteiger partial charge in [-0.1, -0.05) is 30.3 Å². The largest absolute Gasteiger partial charge is 0.497 e. The molecule has 3 aromatic rings. The smallest absolute Gasteiger partial charge is 0.254 e. The number of halogens is 1. The van der Waals surface area contributed by atoms with Gasteiger partial charge in [0.15, 0.2) is 0 Å². The molecule has 7 nitrogen and oxygen atoms in total. The van der Waals surface area contributed by atoms with E-state index >= 15 is 0 Å². The Labute approximate surface area is 191 Å². The number of nitrogens with zero attached hydrogens (tertiary/aromatic N) is 1. The van der Waals surface area contributed by atoms with Gasteiger partial charge in [-0.3, -0.25) is 14.4 Å². The number of ether oxygens (including phenoxy) is 1. The number of benzene rings is 3. The van der Waals surface area contributed by atoms with E-state index in [4.69, 9.17) is 4.74 Å². The normalized spacial score (nSPS) is 10.2. The molecule has 0 bridgehead atoms. The van der Waals surface area contributed by atoms with Crippen molar-refractivity contribution in [1.29, 1.82) is 0 Å². The van der Waals surface area contributed by atoms with E-state index in [-0.39, 0.29) is 31.4 Å². The number of nitrogens with one attached hydrogen (secondary N) is 2. The van der Waals surface area contributed by atoms with Crippen molar-refractivity contribution in [2.75, 3.05) is 25.5 Å². The number of rotatable bonds is 9. The lowest BCUT2D eigenvalue weighted by Gasteiger charge is -2.22.